The molecule has 0 aromatic carbocycles. The maximum absolute atomic E-state index is 11.5. The summed E-state index contributed by atoms with van der Waals surface area (Å²) >= 11 is 0. The van der Waals surface area contributed by atoms with Gasteiger partial charge in [-0.3, -0.25) is 0 Å². The second-order valence-electron chi connectivity index (χ2n) is 10.4. The topological polar surface area (TPSA) is 129 Å². The molecule has 30 heavy (non-hydrogen) atoms. The van der Waals surface area contributed by atoms with Crippen molar-refractivity contribution in [2.24, 2.45) is 11.5 Å². The summed E-state index contributed by atoms with van der Waals surface area (Å²) in [5, 5.41) is 5.68. The van der Waals surface area contributed by atoms with Gasteiger partial charge in [0.25, 0.3) is 0 Å². The number of rotatable bonds is 2. The van der Waals surface area contributed by atoms with Crippen LogP contribution in [0.4, 0.5) is 9.59 Å². The Kier molecular flexibility index (Phi) is 10.4. The summed E-state index contributed by atoms with van der Waals surface area (Å²) < 4.78 is 10.4. The van der Waals surface area contributed by atoms with Crippen LogP contribution < -0.4 is 22.1 Å². The lowest BCUT2D eigenvalue weighted by atomic mass is 9.91. The molecule has 0 aliphatic heterocycles. The monoisotopic (exact) mass is 428 g/mol. The lowest BCUT2D eigenvalue weighted by Gasteiger charge is -2.30. The highest BCUT2D eigenvalue weighted by Gasteiger charge is 2.26. The van der Waals surface area contributed by atoms with Crippen molar-refractivity contribution in [2.45, 2.75) is 128 Å². The van der Waals surface area contributed by atoms with Gasteiger partial charge in [0, 0.05) is 24.2 Å². The number of carbonyl (C=O) groups is 2. The summed E-state index contributed by atoms with van der Waals surface area (Å²) in [6.45, 7) is 11.1. The van der Waals surface area contributed by atoms with E-state index in [-0.39, 0.29) is 36.4 Å². The first kappa shape index (κ1) is 26.5. The predicted molar refractivity (Wildman–Crippen MR) is 119 cm³/mol. The fourth-order valence-corrected chi connectivity index (χ4v) is 3.60. The Morgan fingerprint density at radius 1 is 0.667 bits per heavy atom. The summed E-state index contributed by atoms with van der Waals surface area (Å²) in [5.74, 6) is 0. The number of hydrogen-bond donors (Lipinski definition) is 4. The first-order chi connectivity index (χ1) is 13.8. The number of amides is 2. The summed E-state index contributed by atoms with van der Waals surface area (Å²) in [4.78, 5) is 23.0. The Balaban J connectivity index is 0.000000300. The lowest BCUT2D eigenvalue weighted by molar-refractivity contribution is 0.0474. The highest BCUT2D eigenvalue weighted by Crippen LogP contribution is 2.18. The number of ether oxygens (including phenoxy) is 2. The van der Waals surface area contributed by atoms with Crippen molar-refractivity contribution in [1.82, 2.24) is 10.6 Å². The molecule has 2 rings (SSSR count). The molecule has 0 spiro atoms. The van der Waals surface area contributed by atoms with E-state index in [2.05, 4.69) is 10.6 Å². The summed E-state index contributed by atoms with van der Waals surface area (Å²) in [7, 11) is 0. The van der Waals surface area contributed by atoms with E-state index in [1.54, 1.807) is 0 Å². The smallest absolute Gasteiger partial charge is 0.407 e. The number of nitrogens with two attached hydrogens (primary N) is 2. The minimum absolute atomic E-state index is 0.0752. The fraction of sp³-hybridized carbons (Fsp3) is 0.909. The Bertz CT molecular complexity index is 494. The molecular formula is C22H44N4O4. The lowest BCUT2D eigenvalue weighted by Crippen LogP contribution is -2.50. The minimum Gasteiger partial charge on any atom is -0.444 e. The van der Waals surface area contributed by atoms with Crippen molar-refractivity contribution in [1.29, 1.82) is 0 Å². The fourth-order valence-electron chi connectivity index (χ4n) is 3.60. The quantitative estimate of drug-likeness (QED) is 0.532. The van der Waals surface area contributed by atoms with Crippen LogP contribution in [0.1, 0.15) is 92.9 Å². The molecule has 176 valence electrons. The van der Waals surface area contributed by atoms with Crippen molar-refractivity contribution in [2.75, 3.05) is 0 Å². The Hall–Kier alpha value is -1.54. The predicted octanol–water partition coefficient (Wildman–Crippen LogP) is 3.56. The van der Waals surface area contributed by atoms with Crippen molar-refractivity contribution in [3.63, 3.8) is 0 Å². The third kappa shape index (κ3) is 11.6. The first-order valence-corrected chi connectivity index (χ1v) is 11.3. The maximum Gasteiger partial charge on any atom is 0.407 e. The highest BCUT2D eigenvalue weighted by molar-refractivity contribution is 5.68. The van der Waals surface area contributed by atoms with E-state index >= 15 is 0 Å². The van der Waals surface area contributed by atoms with Gasteiger partial charge in [-0.15, -0.1) is 0 Å². The molecule has 2 aliphatic rings. The zero-order valence-electron chi connectivity index (χ0n) is 19.8. The summed E-state index contributed by atoms with van der Waals surface area (Å²) in [6, 6.07) is 0.305. The normalized spacial score (nSPS) is 27.2. The molecule has 2 saturated carbocycles. The molecule has 0 bridgehead atoms. The van der Waals surface area contributed by atoms with Crippen LogP contribution >= 0.6 is 0 Å². The van der Waals surface area contributed by atoms with Gasteiger partial charge in [-0.1, -0.05) is 25.7 Å². The van der Waals surface area contributed by atoms with Gasteiger partial charge in [0.05, 0.1) is 0 Å². The van der Waals surface area contributed by atoms with E-state index in [0.717, 1.165) is 51.4 Å². The van der Waals surface area contributed by atoms with Crippen molar-refractivity contribution < 1.29 is 19.1 Å². The van der Waals surface area contributed by atoms with E-state index in [9.17, 15) is 9.59 Å². The third-order valence-corrected chi connectivity index (χ3v) is 5.04. The highest BCUT2D eigenvalue weighted by atomic mass is 16.6. The van der Waals surface area contributed by atoms with Crippen LogP contribution in [-0.2, 0) is 9.47 Å². The van der Waals surface area contributed by atoms with Crippen LogP contribution in [0.3, 0.4) is 0 Å². The molecule has 4 atom stereocenters. The van der Waals surface area contributed by atoms with E-state index < -0.39 is 11.2 Å². The number of alkyl carbamates (subject to hydrolysis) is 2. The third-order valence-electron chi connectivity index (χ3n) is 5.04. The average Bonchev–Trinajstić information content (AvgIpc) is 2.56. The van der Waals surface area contributed by atoms with Crippen LogP contribution in [0.5, 0.6) is 0 Å². The van der Waals surface area contributed by atoms with E-state index in [1.807, 2.05) is 41.5 Å². The van der Waals surface area contributed by atoms with Crippen LogP contribution in [0.25, 0.3) is 0 Å². The number of carbonyl (C=O) groups excluding carboxylic acids is 2. The van der Waals surface area contributed by atoms with E-state index in [4.69, 9.17) is 20.9 Å². The van der Waals surface area contributed by atoms with Gasteiger partial charge in [-0.25, -0.2) is 9.59 Å². The molecule has 0 saturated heterocycles. The Morgan fingerprint density at radius 2 is 0.967 bits per heavy atom. The second kappa shape index (κ2) is 11.7. The average molecular weight is 429 g/mol. The van der Waals surface area contributed by atoms with E-state index in [1.165, 1.54) is 0 Å². The van der Waals surface area contributed by atoms with Crippen molar-refractivity contribution >= 4 is 12.2 Å². The van der Waals surface area contributed by atoms with Crippen molar-refractivity contribution in [3.05, 3.63) is 0 Å². The van der Waals surface area contributed by atoms with Gasteiger partial charge < -0.3 is 31.6 Å². The minimum atomic E-state index is -0.442. The number of nitrogens with one attached hydrogen (secondary N) is 2. The largest absolute Gasteiger partial charge is 0.444 e. The van der Waals surface area contributed by atoms with Crippen LogP contribution in [0.2, 0.25) is 0 Å². The Labute approximate surface area is 182 Å². The molecule has 2 aliphatic carbocycles. The molecule has 8 heteroatoms. The molecule has 0 heterocycles. The van der Waals surface area contributed by atoms with Crippen LogP contribution in [-0.4, -0.2) is 47.6 Å². The van der Waals surface area contributed by atoms with E-state index in [0.29, 0.717) is 0 Å². The van der Waals surface area contributed by atoms with Gasteiger partial charge in [0.15, 0.2) is 0 Å². The molecule has 4 unspecified atom stereocenters. The maximum atomic E-state index is 11.5. The molecule has 6 N–H and O–H groups in total. The number of hydrogen-bond acceptors (Lipinski definition) is 6. The molecule has 0 aromatic heterocycles. The Morgan fingerprint density at radius 3 is 1.23 bits per heavy atom. The van der Waals surface area contributed by atoms with Gasteiger partial charge in [-0.05, 0) is 67.2 Å². The van der Waals surface area contributed by atoms with Crippen LogP contribution in [0.15, 0.2) is 0 Å². The first-order valence-electron chi connectivity index (χ1n) is 11.3. The SMILES string of the molecule is CC(C)(C)OC(=O)NC1CCCCC1N.CC(C)(C)OC(=O)NC1CCCCC1N. The second-order valence-corrected chi connectivity index (χ2v) is 10.4. The zero-order chi connectivity index (χ0) is 22.9. The summed E-state index contributed by atoms with van der Waals surface area (Å²) in [5.41, 5.74) is 11.0. The molecule has 0 aromatic rings. The molecule has 0 radical (unpaired) electrons. The van der Waals surface area contributed by atoms with Gasteiger partial charge in [0.1, 0.15) is 11.2 Å². The van der Waals surface area contributed by atoms with Gasteiger partial charge in [-0.2, -0.15) is 0 Å². The van der Waals surface area contributed by atoms with Crippen molar-refractivity contribution in [3.8, 4) is 0 Å². The standard InChI is InChI=1S/2C11H22N2O2/c2*1-11(2,3)15-10(14)13-9-7-5-4-6-8(9)12/h2*8-9H,4-7,12H2,1-3H3,(H,13,14). The van der Waals surface area contributed by atoms with Crippen LogP contribution in [0, 0.1) is 0 Å². The molecule has 2 amide bonds. The molecule has 8 nitrogen and oxygen atoms in total. The molecule has 2 fully saturated rings. The summed E-state index contributed by atoms with van der Waals surface area (Å²) in [6.07, 6.45) is 7.76. The zero-order valence-corrected chi connectivity index (χ0v) is 19.8. The van der Waals surface area contributed by atoms with Gasteiger partial charge >= 0.3 is 12.2 Å². The molecular weight excluding hydrogens is 384 g/mol. The van der Waals surface area contributed by atoms with Gasteiger partial charge in [0.2, 0.25) is 0 Å².